The third-order valence-corrected chi connectivity index (χ3v) is 6.97. The maximum absolute atomic E-state index is 13.4. The molecule has 0 saturated heterocycles. The van der Waals surface area contributed by atoms with Gasteiger partial charge in [0.15, 0.2) is 0 Å². The number of hydrogen-bond donors (Lipinski definition) is 2. The van der Waals surface area contributed by atoms with Gasteiger partial charge in [0.05, 0.1) is 17.6 Å². The van der Waals surface area contributed by atoms with E-state index in [4.69, 9.17) is 0 Å². The molecule has 1 fully saturated rings. The van der Waals surface area contributed by atoms with Crippen molar-refractivity contribution in [3.8, 4) is 0 Å². The highest BCUT2D eigenvalue weighted by Crippen LogP contribution is 2.46. The second-order valence-electron chi connectivity index (χ2n) is 8.19. The van der Waals surface area contributed by atoms with E-state index in [9.17, 15) is 31.9 Å². The molecule has 31 heavy (non-hydrogen) atoms. The molecule has 4 rings (SSSR count). The molecule has 3 nitrogen and oxygen atoms in total. The van der Waals surface area contributed by atoms with E-state index in [1.807, 2.05) is 24.3 Å². The summed E-state index contributed by atoms with van der Waals surface area (Å²) < 4.78 is 67.1. The van der Waals surface area contributed by atoms with Crippen molar-refractivity contribution in [1.29, 1.82) is 0 Å². The zero-order valence-corrected chi connectivity index (χ0v) is 17.2. The standard InChI is InChI=1S/C22H20F5NO2S/c23-21(24)7-5-20(30,6-8-21)12-19(29)28-16-10-14(22(25,26)27)11-18-15(16)9-13-3-1-2-4-17(13)31-18/h1-4,10-11,30H,5-9,12H2,(H,28,29). The third kappa shape index (κ3) is 4.87. The molecule has 2 N–H and O–H groups in total. The van der Waals surface area contributed by atoms with Crippen LogP contribution in [0.4, 0.5) is 27.6 Å². The first-order valence-corrected chi connectivity index (χ1v) is 10.7. The third-order valence-electron chi connectivity index (χ3n) is 5.77. The van der Waals surface area contributed by atoms with Gasteiger partial charge in [0.2, 0.25) is 11.8 Å². The molecule has 1 aliphatic carbocycles. The van der Waals surface area contributed by atoms with Crippen molar-refractivity contribution >= 4 is 23.4 Å². The van der Waals surface area contributed by atoms with Crippen LogP contribution in [0.15, 0.2) is 46.2 Å². The van der Waals surface area contributed by atoms with E-state index in [0.29, 0.717) is 16.9 Å². The molecule has 1 aliphatic heterocycles. The van der Waals surface area contributed by atoms with Crippen LogP contribution < -0.4 is 5.32 Å². The van der Waals surface area contributed by atoms with Crippen LogP contribution in [0.5, 0.6) is 0 Å². The average Bonchev–Trinajstić information content (AvgIpc) is 2.68. The number of anilines is 1. The number of aliphatic hydroxyl groups is 1. The van der Waals surface area contributed by atoms with E-state index in [1.54, 1.807) is 0 Å². The van der Waals surface area contributed by atoms with E-state index in [0.717, 1.165) is 22.6 Å². The van der Waals surface area contributed by atoms with Crippen molar-refractivity contribution in [3.63, 3.8) is 0 Å². The minimum atomic E-state index is -4.60. The average molecular weight is 457 g/mol. The lowest BCUT2D eigenvalue weighted by molar-refractivity contribution is -0.137. The highest BCUT2D eigenvalue weighted by Gasteiger charge is 2.43. The molecule has 0 radical (unpaired) electrons. The van der Waals surface area contributed by atoms with Crippen molar-refractivity contribution < 1.29 is 31.9 Å². The Hall–Kier alpha value is -2.13. The molecule has 0 unspecified atom stereocenters. The summed E-state index contributed by atoms with van der Waals surface area (Å²) in [5.41, 5.74) is -0.948. The topological polar surface area (TPSA) is 49.3 Å². The molecule has 0 aromatic heterocycles. The molecule has 1 heterocycles. The Kier molecular flexibility index (Phi) is 5.54. The molecule has 1 amide bonds. The minimum absolute atomic E-state index is 0.0292. The van der Waals surface area contributed by atoms with Gasteiger partial charge < -0.3 is 10.4 Å². The predicted octanol–water partition coefficient (Wildman–Crippen LogP) is 6.03. The summed E-state index contributed by atoms with van der Waals surface area (Å²) in [7, 11) is 0. The van der Waals surface area contributed by atoms with E-state index in [2.05, 4.69) is 5.32 Å². The number of carbonyl (C=O) groups is 1. The normalized spacial score (nSPS) is 19.3. The molecule has 2 aromatic rings. The van der Waals surface area contributed by atoms with Gasteiger partial charge in [-0.3, -0.25) is 4.79 Å². The monoisotopic (exact) mass is 457 g/mol. The fraction of sp³-hybridized carbons (Fsp3) is 0.409. The fourth-order valence-corrected chi connectivity index (χ4v) is 5.15. The van der Waals surface area contributed by atoms with Crippen molar-refractivity contribution in [3.05, 3.63) is 53.1 Å². The molecule has 0 bridgehead atoms. The van der Waals surface area contributed by atoms with Gasteiger partial charge in [-0.2, -0.15) is 13.2 Å². The Balaban J connectivity index is 1.60. The van der Waals surface area contributed by atoms with E-state index in [1.165, 1.54) is 11.8 Å². The van der Waals surface area contributed by atoms with Crippen LogP contribution >= 0.6 is 11.8 Å². The summed E-state index contributed by atoms with van der Waals surface area (Å²) in [6, 6.07) is 9.31. The first-order valence-electron chi connectivity index (χ1n) is 9.84. The van der Waals surface area contributed by atoms with Gasteiger partial charge in [0.25, 0.3) is 0 Å². The highest BCUT2D eigenvalue weighted by molar-refractivity contribution is 7.99. The highest BCUT2D eigenvalue weighted by atomic mass is 32.2. The molecule has 0 spiro atoms. The smallest absolute Gasteiger partial charge is 0.389 e. The zero-order chi connectivity index (χ0) is 22.4. The Bertz CT molecular complexity index is 1010. The van der Waals surface area contributed by atoms with Gasteiger partial charge in [-0.05, 0) is 42.2 Å². The largest absolute Gasteiger partial charge is 0.416 e. The lowest BCUT2D eigenvalue weighted by Gasteiger charge is -2.35. The molecule has 166 valence electrons. The Labute approximate surface area is 180 Å². The van der Waals surface area contributed by atoms with Gasteiger partial charge in [0.1, 0.15) is 0 Å². The molecule has 1 saturated carbocycles. The number of carbonyl (C=O) groups excluding carboxylic acids is 1. The van der Waals surface area contributed by atoms with E-state index < -0.39 is 48.4 Å². The molecule has 2 aromatic carbocycles. The fourth-order valence-electron chi connectivity index (χ4n) is 4.00. The number of hydrogen-bond acceptors (Lipinski definition) is 3. The lowest BCUT2D eigenvalue weighted by Crippen LogP contribution is -2.41. The number of nitrogens with one attached hydrogen (secondary N) is 1. The Morgan fingerprint density at radius 3 is 2.42 bits per heavy atom. The summed E-state index contributed by atoms with van der Waals surface area (Å²) in [5, 5.41) is 13.0. The molecule has 0 atom stereocenters. The van der Waals surface area contributed by atoms with Crippen molar-refractivity contribution in [2.45, 2.75) is 66.0 Å². The quantitative estimate of drug-likeness (QED) is 0.472. The minimum Gasteiger partial charge on any atom is -0.389 e. The van der Waals surface area contributed by atoms with Crippen molar-refractivity contribution in [2.24, 2.45) is 0 Å². The Morgan fingerprint density at radius 1 is 1.06 bits per heavy atom. The van der Waals surface area contributed by atoms with Gasteiger partial charge in [0, 0.05) is 34.7 Å². The van der Waals surface area contributed by atoms with Crippen LogP contribution in [-0.2, 0) is 17.4 Å². The van der Waals surface area contributed by atoms with Crippen LogP contribution in [0.1, 0.15) is 48.8 Å². The second-order valence-corrected chi connectivity index (χ2v) is 9.27. The number of fused-ring (bicyclic) bond motifs is 2. The first kappa shape index (κ1) is 22.1. The van der Waals surface area contributed by atoms with Gasteiger partial charge in [-0.25, -0.2) is 8.78 Å². The van der Waals surface area contributed by atoms with Crippen LogP contribution in [0, 0.1) is 0 Å². The summed E-state index contributed by atoms with van der Waals surface area (Å²) in [6.45, 7) is 0. The summed E-state index contributed by atoms with van der Waals surface area (Å²) in [5.74, 6) is -3.56. The van der Waals surface area contributed by atoms with Crippen molar-refractivity contribution in [2.75, 3.05) is 5.32 Å². The molecule has 2 aliphatic rings. The van der Waals surface area contributed by atoms with Crippen LogP contribution in [0.2, 0.25) is 0 Å². The van der Waals surface area contributed by atoms with Gasteiger partial charge in [-0.1, -0.05) is 30.0 Å². The predicted molar refractivity (Wildman–Crippen MR) is 106 cm³/mol. The molecular weight excluding hydrogens is 437 g/mol. The summed E-state index contributed by atoms with van der Waals surface area (Å²) in [6.07, 6.45) is -6.22. The number of amides is 1. The first-order chi connectivity index (χ1) is 14.4. The molecule has 9 heteroatoms. The summed E-state index contributed by atoms with van der Waals surface area (Å²) >= 11 is 1.20. The lowest BCUT2D eigenvalue weighted by atomic mass is 9.80. The second kappa shape index (κ2) is 7.78. The van der Waals surface area contributed by atoms with Crippen LogP contribution in [0.3, 0.4) is 0 Å². The maximum Gasteiger partial charge on any atom is 0.416 e. The SMILES string of the molecule is O=C(CC1(O)CCC(F)(F)CC1)Nc1cc(C(F)(F)F)cc2c1Cc1ccccc1S2. The van der Waals surface area contributed by atoms with E-state index >= 15 is 0 Å². The Morgan fingerprint density at radius 2 is 1.74 bits per heavy atom. The number of alkyl halides is 5. The van der Waals surface area contributed by atoms with Crippen molar-refractivity contribution in [1.82, 2.24) is 0 Å². The number of halogens is 5. The van der Waals surface area contributed by atoms with E-state index in [-0.39, 0.29) is 18.5 Å². The van der Waals surface area contributed by atoms with Crippen LogP contribution in [0.25, 0.3) is 0 Å². The zero-order valence-electron chi connectivity index (χ0n) is 16.4. The number of benzene rings is 2. The van der Waals surface area contributed by atoms with Gasteiger partial charge in [-0.15, -0.1) is 0 Å². The summed E-state index contributed by atoms with van der Waals surface area (Å²) in [4.78, 5) is 13.8. The maximum atomic E-state index is 13.4. The van der Waals surface area contributed by atoms with Crippen LogP contribution in [-0.4, -0.2) is 22.5 Å². The molecular formula is C22H20F5NO2S. The number of rotatable bonds is 3. The van der Waals surface area contributed by atoms with Gasteiger partial charge >= 0.3 is 6.18 Å².